The van der Waals surface area contributed by atoms with Crippen LogP contribution in [0.5, 0.6) is 5.75 Å². The topological polar surface area (TPSA) is 60.5 Å². The molecule has 4 rings (SSSR count). The summed E-state index contributed by atoms with van der Waals surface area (Å²) in [7, 11) is 1.67. The first-order chi connectivity index (χ1) is 12.6. The van der Waals surface area contributed by atoms with Gasteiger partial charge in [-0.25, -0.2) is 0 Å². The number of carbonyl (C=O) groups excluding carboxylic acids is 1. The zero-order valence-corrected chi connectivity index (χ0v) is 15.2. The van der Waals surface area contributed by atoms with E-state index in [-0.39, 0.29) is 5.91 Å². The van der Waals surface area contributed by atoms with Crippen LogP contribution in [0, 0.1) is 0 Å². The normalized spacial score (nSPS) is 13.7. The third kappa shape index (κ3) is 2.51. The van der Waals surface area contributed by atoms with E-state index in [1.54, 1.807) is 7.11 Å². The molecule has 5 nitrogen and oxygen atoms in total. The molecule has 1 aliphatic rings. The van der Waals surface area contributed by atoms with E-state index in [1.807, 2.05) is 47.4 Å². The van der Waals surface area contributed by atoms with Crippen LogP contribution in [0.4, 0.5) is 5.69 Å². The highest BCUT2D eigenvalue weighted by atomic mass is 16.5. The van der Waals surface area contributed by atoms with E-state index in [1.165, 1.54) is 0 Å². The van der Waals surface area contributed by atoms with Crippen molar-refractivity contribution in [2.45, 2.75) is 19.9 Å². The van der Waals surface area contributed by atoms with E-state index in [2.05, 4.69) is 11.5 Å². The molecule has 2 heterocycles. The first-order valence-electron chi connectivity index (χ1n) is 8.99. The molecule has 2 aromatic carbocycles. The lowest BCUT2D eigenvalue weighted by atomic mass is 10.1. The molecule has 1 fully saturated rings. The summed E-state index contributed by atoms with van der Waals surface area (Å²) in [5.74, 6) is 0.920. The number of nitrogen functional groups attached to an aromatic ring is 1. The Balaban J connectivity index is 1.78. The first kappa shape index (κ1) is 16.5. The number of fused-ring (bicyclic) bond motifs is 1. The predicted molar refractivity (Wildman–Crippen MR) is 105 cm³/mol. The summed E-state index contributed by atoms with van der Waals surface area (Å²) in [6, 6.07) is 13.7. The third-order valence-corrected chi connectivity index (χ3v) is 5.18. The lowest BCUT2D eigenvalue weighted by molar-refractivity contribution is 0.0652. The van der Waals surface area contributed by atoms with Crippen LogP contribution in [-0.4, -0.2) is 35.6 Å². The van der Waals surface area contributed by atoms with E-state index < -0.39 is 0 Å². The number of methoxy groups -OCH3 is 1. The largest absolute Gasteiger partial charge is 0.497 e. The standard InChI is InChI=1S/C21H23N3O2/c1-3-24-18-13-16(26-2)9-10-17(18)19(22)20(24)14-5-7-15(8-6-14)21(25)23-11-4-12-23/h5-10,13H,3-4,11-12,22H2,1-2H3. The average Bonchev–Trinajstić information content (AvgIpc) is 2.91. The van der Waals surface area contributed by atoms with E-state index in [4.69, 9.17) is 10.5 Å². The van der Waals surface area contributed by atoms with Gasteiger partial charge in [-0.15, -0.1) is 0 Å². The Hall–Kier alpha value is -2.95. The maximum atomic E-state index is 12.4. The Morgan fingerprint density at radius 3 is 2.46 bits per heavy atom. The molecule has 3 aromatic rings. The van der Waals surface area contributed by atoms with Crippen LogP contribution >= 0.6 is 0 Å². The monoisotopic (exact) mass is 349 g/mol. The molecule has 0 atom stereocenters. The Morgan fingerprint density at radius 2 is 1.88 bits per heavy atom. The number of nitrogens with zero attached hydrogens (tertiary/aromatic N) is 2. The fourth-order valence-corrected chi connectivity index (χ4v) is 3.60. The number of anilines is 1. The lowest BCUT2D eigenvalue weighted by Gasteiger charge is -2.30. The third-order valence-electron chi connectivity index (χ3n) is 5.18. The van der Waals surface area contributed by atoms with Crippen LogP contribution < -0.4 is 10.5 Å². The van der Waals surface area contributed by atoms with E-state index in [0.29, 0.717) is 0 Å². The maximum Gasteiger partial charge on any atom is 0.253 e. The number of benzene rings is 2. The van der Waals surface area contributed by atoms with Gasteiger partial charge in [0.1, 0.15) is 5.75 Å². The minimum Gasteiger partial charge on any atom is -0.497 e. The van der Waals surface area contributed by atoms with Crippen molar-refractivity contribution in [2.75, 3.05) is 25.9 Å². The smallest absolute Gasteiger partial charge is 0.253 e. The second-order valence-electron chi connectivity index (χ2n) is 6.61. The van der Waals surface area contributed by atoms with Gasteiger partial charge < -0.3 is 19.9 Å². The van der Waals surface area contributed by atoms with Gasteiger partial charge in [-0.1, -0.05) is 12.1 Å². The van der Waals surface area contributed by atoms with E-state index >= 15 is 0 Å². The van der Waals surface area contributed by atoms with Crippen LogP contribution in [0.1, 0.15) is 23.7 Å². The van der Waals surface area contributed by atoms with Crippen LogP contribution in [0.25, 0.3) is 22.2 Å². The lowest BCUT2D eigenvalue weighted by Crippen LogP contribution is -2.41. The van der Waals surface area contributed by atoms with Crippen molar-refractivity contribution in [1.29, 1.82) is 0 Å². The van der Waals surface area contributed by atoms with Gasteiger partial charge in [-0.05, 0) is 37.6 Å². The highest BCUT2D eigenvalue weighted by Crippen LogP contribution is 2.37. The molecule has 2 N–H and O–H groups in total. The molecular formula is C21H23N3O2. The molecule has 134 valence electrons. The Kier molecular flexibility index (Phi) is 4.07. The first-order valence-corrected chi connectivity index (χ1v) is 8.99. The summed E-state index contributed by atoms with van der Waals surface area (Å²) in [6.07, 6.45) is 1.10. The summed E-state index contributed by atoms with van der Waals surface area (Å²) in [6.45, 7) is 4.62. The average molecular weight is 349 g/mol. The number of nitrogens with two attached hydrogens (primary N) is 1. The molecule has 5 heteroatoms. The van der Waals surface area contributed by atoms with Gasteiger partial charge in [0.15, 0.2) is 0 Å². The summed E-state index contributed by atoms with van der Waals surface area (Å²) in [5, 5.41) is 1.02. The van der Waals surface area contributed by atoms with E-state index in [9.17, 15) is 4.79 Å². The zero-order chi connectivity index (χ0) is 18.3. The minimum atomic E-state index is 0.108. The van der Waals surface area contributed by atoms with Crippen LogP contribution in [0.15, 0.2) is 42.5 Å². The van der Waals surface area contributed by atoms with Crippen molar-refractivity contribution in [3.63, 3.8) is 0 Å². The number of carbonyl (C=O) groups is 1. The number of amides is 1. The number of hydrogen-bond acceptors (Lipinski definition) is 3. The predicted octanol–water partition coefficient (Wildman–Crippen LogP) is 3.76. The van der Waals surface area contributed by atoms with Crippen molar-refractivity contribution >= 4 is 22.5 Å². The molecule has 1 saturated heterocycles. The van der Waals surface area contributed by atoms with Crippen molar-refractivity contribution in [2.24, 2.45) is 0 Å². The summed E-state index contributed by atoms with van der Waals surface area (Å²) in [4.78, 5) is 14.2. The van der Waals surface area contributed by atoms with Gasteiger partial charge in [-0.3, -0.25) is 4.79 Å². The van der Waals surface area contributed by atoms with Gasteiger partial charge in [0.25, 0.3) is 5.91 Å². The summed E-state index contributed by atoms with van der Waals surface area (Å²) < 4.78 is 7.55. The molecular weight excluding hydrogens is 326 g/mol. The fraction of sp³-hybridized carbons (Fsp3) is 0.286. The summed E-state index contributed by atoms with van der Waals surface area (Å²) in [5.41, 5.74) is 11.0. The van der Waals surface area contributed by atoms with Crippen LogP contribution in [-0.2, 0) is 6.54 Å². The Bertz CT molecular complexity index is 969. The molecule has 1 amide bonds. The van der Waals surface area contributed by atoms with Gasteiger partial charge in [0.2, 0.25) is 0 Å². The van der Waals surface area contributed by atoms with Crippen molar-refractivity contribution in [3.05, 3.63) is 48.0 Å². The minimum absolute atomic E-state index is 0.108. The SMILES string of the molecule is CCn1c(-c2ccc(C(=O)N3CCC3)cc2)c(N)c2ccc(OC)cc21. The fourth-order valence-electron chi connectivity index (χ4n) is 3.60. The number of likely N-dealkylation sites (tertiary alicyclic amines) is 1. The molecule has 26 heavy (non-hydrogen) atoms. The molecule has 1 aromatic heterocycles. The molecule has 1 aliphatic heterocycles. The van der Waals surface area contributed by atoms with Crippen LogP contribution in [0.3, 0.4) is 0 Å². The Morgan fingerprint density at radius 1 is 1.15 bits per heavy atom. The maximum absolute atomic E-state index is 12.4. The zero-order valence-electron chi connectivity index (χ0n) is 15.2. The number of ether oxygens (including phenoxy) is 1. The highest BCUT2D eigenvalue weighted by Gasteiger charge is 2.22. The molecule has 0 radical (unpaired) electrons. The molecule has 0 spiro atoms. The molecule has 0 saturated carbocycles. The number of aromatic nitrogens is 1. The van der Waals surface area contributed by atoms with Gasteiger partial charge in [0, 0.05) is 42.2 Å². The van der Waals surface area contributed by atoms with Crippen molar-refractivity contribution in [1.82, 2.24) is 9.47 Å². The van der Waals surface area contributed by atoms with Gasteiger partial charge in [-0.2, -0.15) is 0 Å². The summed E-state index contributed by atoms with van der Waals surface area (Å²) >= 11 is 0. The van der Waals surface area contributed by atoms with Gasteiger partial charge in [0.05, 0.1) is 24.0 Å². The molecule has 0 unspecified atom stereocenters. The molecule has 0 bridgehead atoms. The van der Waals surface area contributed by atoms with Crippen LogP contribution in [0.2, 0.25) is 0 Å². The number of hydrogen-bond donors (Lipinski definition) is 1. The quantitative estimate of drug-likeness (QED) is 0.780. The van der Waals surface area contributed by atoms with Gasteiger partial charge >= 0.3 is 0 Å². The number of aryl methyl sites for hydroxylation is 1. The number of rotatable bonds is 4. The van der Waals surface area contributed by atoms with Crippen molar-refractivity contribution < 1.29 is 9.53 Å². The second kappa shape index (κ2) is 6.41. The Labute approximate surface area is 153 Å². The second-order valence-corrected chi connectivity index (χ2v) is 6.61. The van der Waals surface area contributed by atoms with Crippen molar-refractivity contribution in [3.8, 4) is 17.0 Å². The van der Waals surface area contributed by atoms with E-state index in [0.717, 1.165) is 65.2 Å². The molecule has 0 aliphatic carbocycles. The highest BCUT2D eigenvalue weighted by molar-refractivity contribution is 6.02.